The molecule has 1 aliphatic heterocycles. The highest BCUT2D eigenvalue weighted by Crippen LogP contribution is 2.21. The number of nitrogens with one attached hydrogen (secondary N) is 1. The molecular weight excluding hydrogens is 216 g/mol. The van der Waals surface area contributed by atoms with Gasteiger partial charge in [-0.05, 0) is 43.5 Å². The lowest BCUT2D eigenvalue weighted by molar-refractivity contribution is 0.222. The highest BCUT2D eigenvalue weighted by atomic mass is 16.5. The Hall–Kier alpha value is -1.71. The molecule has 4 nitrogen and oxygen atoms in total. The fourth-order valence-electron chi connectivity index (χ4n) is 2.02. The van der Waals surface area contributed by atoms with Crippen molar-refractivity contribution in [1.82, 2.24) is 4.90 Å². The Bertz CT molecular complexity index is 412. The highest BCUT2D eigenvalue weighted by molar-refractivity contribution is 5.90. The maximum absolute atomic E-state index is 11.9. The van der Waals surface area contributed by atoms with Gasteiger partial charge in [-0.3, -0.25) is 0 Å². The van der Waals surface area contributed by atoms with Crippen LogP contribution in [0.25, 0.3) is 0 Å². The topological polar surface area (TPSA) is 41.6 Å². The molecule has 0 aliphatic carbocycles. The number of ether oxygens (including phenoxy) is 1. The molecule has 1 heterocycles. The van der Waals surface area contributed by atoms with Crippen LogP contribution in [-0.2, 0) is 0 Å². The molecule has 4 heteroatoms. The first-order chi connectivity index (χ1) is 8.20. The molecule has 2 rings (SSSR count). The van der Waals surface area contributed by atoms with Crippen molar-refractivity contribution < 1.29 is 9.53 Å². The highest BCUT2D eigenvalue weighted by Gasteiger charge is 2.18. The first-order valence-electron chi connectivity index (χ1n) is 5.91. The van der Waals surface area contributed by atoms with Crippen molar-refractivity contribution in [2.24, 2.45) is 0 Å². The number of nitrogens with zero attached hydrogens (tertiary/aromatic N) is 1. The van der Waals surface area contributed by atoms with Gasteiger partial charge in [0.15, 0.2) is 0 Å². The molecule has 0 aromatic heterocycles. The summed E-state index contributed by atoms with van der Waals surface area (Å²) in [6.07, 6.45) is 2.21. The summed E-state index contributed by atoms with van der Waals surface area (Å²) in [6.45, 7) is 3.68. The minimum Gasteiger partial charge on any atom is -0.497 e. The second-order valence-corrected chi connectivity index (χ2v) is 4.31. The molecule has 0 atom stereocenters. The third-order valence-electron chi connectivity index (χ3n) is 3.07. The average molecular weight is 234 g/mol. The van der Waals surface area contributed by atoms with E-state index in [0.717, 1.165) is 42.9 Å². The van der Waals surface area contributed by atoms with Crippen LogP contribution in [0, 0.1) is 6.92 Å². The zero-order chi connectivity index (χ0) is 12.3. The van der Waals surface area contributed by atoms with Crippen LogP contribution < -0.4 is 10.1 Å². The van der Waals surface area contributed by atoms with Gasteiger partial charge in [-0.15, -0.1) is 0 Å². The molecule has 17 heavy (non-hydrogen) atoms. The van der Waals surface area contributed by atoms with E-state index < -0.39 is 0 Å². The van der Waals surface area contributed by atoms with Gasteiger partial charge in [0.05, 0.1) is 7.11 Å². The first kappa shape index (κ1) is 11.8. The molecule has 0 saturated carbocycles. The Morgan fingerprint density at radius 3 is 2.65 bits per heavy atom. The molecule has 92 valence electrons. The molecule has 2 amide bonds. The number of likely N-dealkylation sites (tertiary alicyclic amines) is 1. The number of methoxy groups -OCH3 is 1. The number of hydrogen-bond donors (Lipinski definition) is 1. The summed E-state index contributed by atoms with van der Waals surface area (Å²) in [5.74, 6) is 0.807. The van der Waals surface area contributed by atoms with Crippen LogP contribution in [0.15, 0.2) is 18.2 Å². The van der Waals surface area contributed by atoms with E-state index in [1.54, 1.807) is 7.11 Å². The van der Waals surface area contributed by atoms with E-state index in [1.807, 2.05) is 30.0 Å². The molecule has 0 spiro atoms. The quantitative estimate of drug-likeness (QED) is 0.854. The largest absolute Gasteiger partial charge is 0.497 e. The van der Waals surface area contributed by atoms with Crippen LogP contribution in [0.5, 0.6) is 5.75 Å². The van der Waals surface area contributed by atoms with E-state index in [1.165, 1.54) is 0 Å². The fraction of sp³-hybridized carbons (Fsp3) is 0.462. The monoisotopic (exact) mass is 234 g/mol. The Labute approximate surface area is 102 Å². The Balaban J connectivity index is 2.05. The van der Waals surface area contributed by atoms with Crippen molar-refractivity contribution in [3.8, 4) is 5.75 Å². The SMILES string of the molecule is COc1ccc(NC(=O)N2CCCC2)c(C)c1. The smallest absolute Gasteiger partial charge is 0.321 e. The number of aryl methyl sites for hydroxylation is 1. The van der Waals surface area contributed by atoms with Crippen molar-refractivity contribution in [3.63, 3.8) is 0 Å². The number of benzene rings is 1. The number of rotatable bonds is 2. The van der Waals surface area contributed by atoms with Crippen LogP contribution in [-0.4, -0.2) is 31.1 Å². The second-order valence-electron chi connectivity index (χ2n) is 4.31. The van der Waals surface area contributed by atoms with Gasteiger partial charge in [0.25, 0.3) is 0 Å². The van der Waals surface area contributed by atoms with E-state index in [4.69, 9.17) is 4.74 Å². The van der Waals surface area contributed by atoms with Crippen LogP contribution in [0.1, 0.15) is 18.4 Å². The van der Waals surface area contributed by atoms with Crippen molar-refractivity contribution >= 4 is 11.7 Å². The number of carbonyl (C=O) groups is 1. The molecule has 0 bridgehead atoms. The summed E-state index contributed by atoms with van der Waals surface area (Å²) < 4.78 is 5.13. The lowest BCUT2D eigenvalue weighted by Gasteiger charge is -2.17. The van der Waals surface area contributed by atoms with Gasteiger partial charge in [-0.25, -0.2) is 4.79 Å². The number of urea groups is 1. The van der Waals surface area contributed by atoms with E-state index in [0.29, 0.717) is 0 Å². The van der Waals surface area contributed by atoms with Crippen molar-refractivity contribution in [1.29, 1.82) is 0 Å². The van der Waals surface area contributed by atoms with Gasteiger partial charge in [-0.2, -0.15) is 0 Å². The van der Waals surface area contributed by atoms with Crippen LogP contribution in [0.2, 0.25) is 0 Å². The predicted octanol–water partition coefficient (Wildman–Crippen LogP) is 2.63. The molecule has 1 aromatic rings. The molecule has 0 radical (unpaired) electrons. The zero-order valence-corrected chi connectivity index (χ0v) is 10.3. The van der Waals surface area contributed by atoms with E-state index in [9.17, 15) is 4.79 Å². The number of hydrogen-bond acceptors (Lipinski definition) is 2. The van der Waals surface area contributed by atoms with Gasteiger partial charge in [0.1, 0.15) is 5.75 Å². The zero-order valence-electron chi connectivity index (χ0n) is 10.3. The average Bonchev–Trinajstić information content (AvgIpc) is 2.85. The summed E-state index contributed by atoms with van der Waals surface area (Å²) in [6, 6.07) is 5.64. The van der Waals surface area contributed by atoms with E-state index >= 15 is 0 Å². The maximum Gasteiger partial charge on any atom is 0.321 e. The number of amides is 2. The third kappa shape index (κ3) is 2.70. The lowest BCUT2D eigenvalue weighted by atomic mass is 10.2. The van der Waals surface area contributed by atoms with Crippen LogP contribution in [0.4, 0.5) is 10.5 Å². The summed E-state index contributed by atoms with van der Waals surface area (Å²) in [4.78, 5) is 13.8. The van der Waals surface area contributed by atoms with E-state index in [-0.39, 0.29) is 6.03 Å². The van der Waals surface area contributed by atoms with Crippen LogP contribution >= 0.6 is 0 Å². The van der Waals surface area contributed by atoms with Crippen molar-refractivity contribution in [3.05, 3.63) is 23.8 Å². The first-order valence-corrected chi connectivity index (χ1v) is 5.91. The van der Waals surface area contributed by atoms with Gasteiger partial charge >= 0.3 is 6.03 Å². The molecule has 1 fully saturated rings. The molecule has 1 aliphatic rings. The summed E-state index contributed by atoms with van der Waals surface area (Å²) in [7, 11) is 1.64. The number of anilines is 1. The molecular formula is C13H18N2O2. The predicted molar refractivity (Wildman–Crippen MR) is 67.6 cm³/mol. The second kappa shape index (κ2) is 5.08. The molecule has 1 saturated heterocycles. The lowest BCUT2D eigenvalue weighted by Crippen LogP contribution is -2.32. The summed E-state index contributed by atoms with van der Waals surface area (Å²) >= 11 is 0. The third-order valence-corrected chi connectivity index (χ3v) is 3.07. The molecule has 1 aromatic carbocycles. The van der Waals surface area contributed by atoms with Crippen molar-refractivity contribution in [2.75, 3.05) is 25.5 Å². The Morgan fingerprint density at radius 1 is 1.35 bits per heavy atom. The Morgan fingerprint density at radius 2 is 2.06 bits per heavy atom. The van der Waals surface area contributed by atoms with Crippen LogP contribution in [0.3, 0.4) is 0 Å². The minimum absolute atomic E-state index is 0.00392. The molecule has 0 unspecified atom stereocenters. The molecule has 1 N–H and O–H groups in total. The van der Waals surface area contributed by atoms with E-state index in [2.05, 4.69) is 5.32 Å². The maximum atomic E-state index is 11.9. The fourth-order valence-corrected chi connectivity index (χ4v) is 2.02. The number of carbonyl (C=O) groups excluding carboxylic acids is 1. The summed E-state index contributed by atoms with van der Waals surface area (Å²) in [5.41, 5.74) is 1.86. The van der Waals surface area contributed by atoms with Gasteiger partial charge in [0, 0.05) is 18.8 Å². The summed E-state index contributed by atoms with van der Waals surface area (Å²) in [5, 5.41) is 2.93. The van der Waals surface area contributed by atoms with Gasteiger partial charge in [-0.1, -0.05) is 0 Å². The van der Waals surface area contributed by atoms with Crippen molar-refractivity contribution in [2.45, 2.75) is 19.8 Å². The van der Waals surface area contributed by atoms with Gasteiger partial charge < -0.3 is 15.0 Å². The minimum atomic E-state index is -0.00392. The Kier molecular flexibility index (Phi) is 3.52. The van der Waals surface area contributed by atoms with Gasteiger partial charge in [0.2, 0.25) is 0 Å². The standard InChI is InChI=1S/C13H18N2O2/c1-10-9-11(17-2)5-6-12(10)14-13(16)15-7-3-4-8-15/h5-6,9H,3-4,7-8H2,1-2H3,(H,14,16). The normalized spacial score (nSPS) is 14.8.